The lowest BCUT2D eigenvalue weighted by Crippen LogP contribution is -2.48. The fourth-order valence-corrected chi connectivity index (χ4v) is 5.84. The van der Waals surface area contributed by atoms with Crippen LogP contribution in [0.25, 0.3) is 0 Å². The molecule has 0 atom stereocenters. The number of benzene rings is 1. The van der Waals surface area contributed by atoms with Crippen LogP contribution in [0.3, 0.4) is 0 Å². The monoisotopic (exact) mass is 348 g/mol. The van der Waals surface area contributed by atoms with E-state index < -0.39 is 0 Å². The van der Waals surface area contributed by atoms with E-state index in [0.717, 1.165) is 41.9 Å². The van der Waals surface area contributed by atoms with Crippen molar-refractivity contribution in [2.45, 2.75) is 50.4 Å². The average molecular weight is 349 g/mol. The number of alkyl halides is 1. The Balaban J connectivity index is 1.51. The molecule has 4 aliphatic carbocycles. The predicted molar refractivity (Wildman–Crippen MR) is 90.2 cm³/mol. The standard InChI is InChI=1S/C19H25BrO/c20-6-1-7-21-18-4-2-17(3-5-18)19-11-14-8-15(12-19)10-16(9-14)13-19/h2-5,14-16H,1,6-13H2. The van der Waals surface area contributed by atoms with Gasteiger partial charge in [0.2, 0.25) is 0 Å². The topological polar surface area (TPSA) is 9.23 Å². The van der Waals surface area contributed by atoms with Crippen molar-refractivity contribution in [2.24, 2.45) is 17.8 Å². The van der Waals surface area contributed by atoms with Gasteiger partial charge in [-0.2, -0.15) is 0 Å². The fourth-order valence-electron chi connectivity index (χ4n) is 5.61. The molecule has 2 heteroatoms. The summed E-state index contributed by atoms with van der Waals surface area (Å²) >= 11 is 3.44. The van der Waals surface area contributed by atoms with Gasteiger partial charge in [0, 0.05) is 5.33 Å². The highest BCUT2D eigenvalue weighted by molar-refractivity contribution is 9.09. The molecule has 4 saturated carbocycles. The molecule has 1 aromatic rings. The van der Waals surface area contributed by atoms with Crippen LogP contribution in [0.2, 0.25) is 0 Å². The molecule has 0 aromatic heterocycles. The molecule has 5 rings (SSSR count). The lowest BCUT2D eigenvalue weighted by Gasteiger charge is -2.57. The van der Waals surface area contributed by atoms with E-state index in [0.29, 0.717) is 5.41 Å². The first kappa shape index (κ1) is 14.1. The van der Waals surface area contributed by atoms with E-state index in [2.05, 4.69) is 40.2 Å². The SMILES string of the molecule is BrCCCOc1ccc(C23CC4CC(CC(C4)C2)C3)cc1. The van der Waals surface area contributed by atoms with Crippen LogP contribution in [0.4, 0.5) is 0 Å². The molecule has 4 bridgehead atoms. The minimum Gasteiger partial charge on any atom is -0.494 e. The van der Waals surface area contributed by atoms with Crippen LogP contribution in [0, 0.1) is 17.8 Å². The first-order valence-electron chi connectivity index (χ1n) is 8.57. The molecule has 0 radical (unpaired) electrons. The van der Waals surface area contributed by atoms with Crippen molar-refractivity contribution in [3.8, 4) is 5.75 Å². The minimum atomic E-state index is 0.517. The maximum Gasteiger partial charge on any atom is 0.119 e. The summed E-state index contributed by atoms with van der Waals surface area (Å²) in [5.41, 5.74) is 2.11. The third kappa shape index (κ3) is 2.65. The Morgan fingerprint density at radius 1 is 0.952 bits per heavy atom. The molecule has 0 saturated heterocycles. The molecule has 0 heterocycles. The zero-order valence-corrected chi connectivity index (χ0v) is 14.3. The molecular formula is C19H25BrO. The van der Waals surface area contributed by atoms with Gasteiger partial charge in [-0.1, -0.05) is 28.1 Å². The molecule has 1 aromatic carbocycles. The Hall–Kier alpha value is -0.500. The molecule has 0 spiro atoms. The summed E-state index contributed by atoms with van der Waals surface area (Å²) < 4.78 is 5.79. The van der Waals surface area contributed by atoms with Crippen molar-refractivity contribution in [3.05, 3.63) is 29.8 Å². The Morgan fingerprint density at radius 2 is 1.52 bits per heavy atom. The lowest BCUT2D eigenvalue weighted by molar-refractivity contribution is -0.00520. The molecule has 1 nitrogen and oxygen atoms in total. The summed E-state index contributed by atoms with van der Waals surface area (Å²) in [7, 11) is 0. The first-order chi connectivity index (χ1) is 10.3. The van der Waals surface area contributed by atoms with Crippen molar-refractivity contribution in [2.75, 3.05) is 11.9 Å². The molecule has 0 N–H and O–H groups in total. The van der Waals surface area contributed by atoms with Gasteiger partial charge >= 0.3 is 0 Å². The van der Waals surface area contributed by atoms with Crippen molar-refractivity contribution in [1.29, 1.82) is 0 Å². The van der Waals surface area contributed by atoms with Gasteiger partial charge < -0.3 is 4.74 Å². The predicted octanol–water partition coefficient (Wildman–Crippen LogP) is 5.32. The fraction of sp³-hybridized carbons (Fsp3) is 0.684. The summed E-state index contributed by atoms with van der Waals surface area (Å²) in [5.74, 6) is 4.09. The maximum absolute atomic E-state index is 5.79. The van der Waals surface area contributed by atoms with Crippen LogP contribution < -0.4 is 4.74 Å². The Labute approximate surface area is 136 Å². The minimum absolute atomic E-state index is 0.517. The van der Waals surface area contributed by atoms with Gasteiger partial charge in [-0.3, -0.25) is 0 Å². The number of ether oxygens (including phenoxy) is 1. The van der Waals surface area contributed by atoms with Crippen LogP contribution in [-0.4, -0.2) is 11.9 Å². The second-order valence-electron chi connectivity index (χ2n) is 7.61. The largest absolute Gasteiger partial charge is 0.494 e. The van der Waals surface area contributed by atoms with Crippen molar-refractivity contribution < 1.29 is 4.74 Å². The highest BCUT2D eigenvalue weighted by Gasteiger charge is 2.51. The molecule has 114 valence electrons. The Bertz CT molecular complexity index is 458. The number of hydrogen-bond donors (Lipinski definition) is 0. The van der Waals surface area contributed by atoms with Gasteiger partial charge in [0.25, 0.3) is 0 Å². The highest BCUT2D eigenvalue weighted by atomic mass is 79.9. The van der Waals surface area contributed by atoms with E-state index in [1.54, 1.807) is 5.56 Å². The first-order valence-corrected chi connectivity index (χ1v) is 9.69. The van der Waals surface area contributed by atoms with Crippen LogP contribution in [0.1, 0.15) is 50.5 Å². The highest BCUT2D eigenvalue weighted by Crippen LogP contribution is 2.60. The molecule has 0 aliphatic heterocycles. The third-order valence-corrected chi connectivity index (χ3v) is 6.61. The molecule has 4 fully saturated rings. The quantitative estimate of drug-likeness (QED) is 0.516. The number of hydrogen-bond acceptors (Lipinski definition) is 1. The molecule has 0 amide bonds. The average Bonchev–Trinajstić information content (AvgIpc) is 2.47. The molecular weight excluding hydrogens is 324 g/mol. The lowest BCUT2D eigenvalue weighted by atomic mass is 9.48. The van der Waals surface area contributed by atoms with Gasteiger partial charge in [0.05, 0.1) is 6.61 Å². The summed E-state index contributed by atoms with van der Waals surface area (Å²) in [6.07, 6.45) is 9.97. The van der Waals surface area contributed by atoms with Crippen molar-refractivity contribution in [3.63, 3.8) is 0 Å². The van der Waals surface area contributed by atoms with Gasteiger partial charge in [-0.25, -0.2) is 0 Å². The summed E-state index contributed by atoms with van der Waals surface area (Å²) in [5, 5.41) is 1.01. The smallest absolute Gasteiger partial charge is 0.119 e. The van der Waals surface area contributed by atoms with E-state index in [1.807, 2.05) is 0 Å². The van der Waals surface area contributed by atoms with E-state index in [4.69, 9.17) is 4.74 Å². The Morgan fingerprint density at radius 3 is 2.05 bits per heavy atom. The van der Waals surface area contributed by atoms with Gasteiger partial charge in [0.15, 0.2) is 0 Å². The maximum atomic E-state index is 5.79. The second-order valence-corrected chi connectivity index (χ2v) is 8.41. The van der Waals surface area contributed by atoms with Crippen LogP contribution >= 0.6 is 15.9 Å². The van der Waals surface area contributed by atoms with E-state index in [9.17, 15) is 0 Å². The molecule has 0 unspecified atom stereocenters. The van der Waals surface area contributed by atoms with Gasteiger partial charge in [-0.05, 0) is 85.8 Å². The normalized spacial score (nSPS) is 36.9. The van der Waals surface area contributed by atoms with E-state index in [-0.39, 0.29) is 0 Å². The van der Waals surface area contributed by atoms with Crippen molar-refractivity contribution >= 4 is 15.9 Å². The zero-order valence-electron chi connectivity index (χ0n) is 12.7. The van der Waals surface area contributed by atoms with E-state index >= 15 is 0 Å². The summed E-state index contributed by atoms with van der Waals surface area (Å²) in [6, 6.07) is 9.11. The third-order valence-electron chi connectivity index (χ3n) is 6.05. The van der Waals surface area contributed by atoms with Gasteiger partial charge in [0.1, 0.15) is 5.75 Å². The second kappa shape index (κ2) is 5.61. The van der Waals surface area contributed by atoms with Crippen molar-refractivity contribution in [1.82, 2.24) is 0 Å². The molecule has 21 heavy (non-hydrogen) atoms. The number of rotatable bonds is 5. The zero-order chi connectivity index (χ0) is 14.3. The van der Waals surface area contributed by atoms with Crippen LogP contribution in [0.5, 0.6) is 5.75 Å². The summed E-state index contributed by atoms with van der Waals surface area (Å²) in [4.78, 5) is 0. The number of halogens is 1. The summed E-state index contributed by atoms with van der Waals surface area (Å²) in [6.45, 7) is 0.808. The van der Waals surface area contributed by atoms with E-state index in [1.165, 1.54) is 38.5 Å². The van der Waals surface area contributed by atoms with Crippen LogP contribution in [-0.2, 0) is 5.41 Å². The Kier molecular flexibility index (Phi) is 3.77. The molecule has 4 aliphatic rings. The van der Waals surface area contributed by atoms with Gasteiger partial charge in [-0.15, -0.1) is 0 Å². The van der Waals surface area contributed by atoms with Crippen LogP contribution in [0.15, 0.2) is 24.3 Å².